The summed E-state index contributed by atoms with van der Waals surface area (Å²) in [4.78, 5) is 19.2. The standard InChI is InChI=1S/C19H22N4O/c20-10-14-7-13-3-1-4-18(5-2-6-18)15(13)22-16(14)23-11-12-8-19(23,9-12)17(21)24/h7,12H,1-6,8-9,11H2,(H2,21,24). The van der Waals surface area contributed by atoms with Gasteiger partial charge in [-0.2, -0.15) is 5.26 Å². The second-order valence-corrected chi connectivity index (χ2v) is 8.25. The number of hydrogen-bond acceptors (Lipinski definition) is 4. The average molecular weight is 322 g/mol. The molecule has 1 spiro atoms. The Labute approximate surface area is 141 Å². The third kappa shape index (κ3) is 1.59. The summed E-state index contributed by atoms with van der Waals surface area (Å²) in [5.41, 5.74) is 8.43. The highest BCUT2D eigenvalue weighted by atomic mass is 16.1. The smallest absolute Gasteiger partial charge is 0.243 e. The first-order chi connectivity index (χ1) is 11.6. The minimum atomic E-state index is -0.598. The molecule has 2 N–H and O–H groups in total. The molecule has 5 aliphatic rings. The highest BCUT2D eigenvalue weighted by Gasteiger charge is 2.61. The van der Waals surface area contributed by atoms with E-state index in [0.717, 1.165) is 25.8 Å². The number of primary amides is 1. The molecular weight excluding hydrogens is 300 g/mol. The lowest BCUT2D eigenvalue weighted by molar-refractivity contribution is -0.125. The van der Waals surface area contributed by atoms with Gasteiger partial charge in [0.2, 0.25) is 5.91 Å². The number of nitriles is 1. The summed E-state index contributed by atoms with van der Waals surface area (Å²) in [6.45, 7) is 0.802. The Morgan fingerprint density at radius 3 is 2.71 bits per heavy atom. The van der Waals surface area contributed by atoms with E-state index in [1.54, 1.807) is 0 Å². The number of pyridine rings is 1. The van der Waals surface area contributed by atoms with Crippen LogP contribution in [0.1, 0.15) is 61.8 Å². The van der Waals surface area contributed by atoms with Crippen molar-refractivity contribution in [1.29, 1.82) is 5.26 Å². The van der Waals surface area contributed by atoms with E-state index in [2.05, 4.69) is 11.0 Å². The van der Waals surface area contributed by atoms with Crippen LogP contribution in [-0.2, 0) is 16.6 Å². The Hall–Kier alpha value is -2.09. The zero-order valence-electron chi connectivity index (χ0n) is 13.8. The van der Waals surface area contributed by atoms with Crippen molar-refractivity contribution in [2.45, 2.75) is 62.3 Å². The van der Waals surface area contributed by atoms with Gasteiger partial charge in [-0.3, -0.25) is 4.79 Å². The van der Waals surface area contributed by atoms with Crippen molar-refractivity contribution in [3.05, 3.63) is 22.9 Å². The molecule has 0 radical (unpaired) electrons. The number of amides is 1. The SMILES string of the molecule is N#Cc1cc2c(nc1N1CC3CC1(C(N)=O)C3)C1(CCC2)CCC1. The lowest BCUT2D eigenvalue weighted by atomic mass is 9.60. The molecule has 5 nitrogen and oxygen atoms in total. The van der Waals surface area contributed by atoms with Crippen LogP contribution in [-0.4, -0.2) is 23.0 Å². The van der Waals surface area contributed by atoms with Crippen LogP contribution in [0.4, 0.5) is 5.82 Å². The molecule has 5 heteroatoms. The Balaban J connectivity index is 1.65. The maximum atomic E-state index is 12.1. The van der Waals surface area contributed by atoms with E-state index in [0.29, 0.717) is 17.3 Å². The van der Waals surface area contributed by atoms with Gasteiger partial charge in [-0.05, 0) is 62.5 Å². The van der Waals surface area contributed by atoms with Crippen molar-refractivity contribution < 1.29 is 4.79 Å². The summed E-state index contributed by atoms with van der Waals surface area (Å²) in [6, 6.07) is 4.37. The van der Waals surface area contributed by atoms with Crippen LogP contribution in [0.2, 0.25) is 0 Å². The molecule has 6 rings (SSSR count). The minimum Gasteiger partial charge on any atom is -0.368 e. The van der Waals surface area contributed by atoms with Crippen molar-refractivity contribution in [2.24, 2.45) is 11.7 Å². The summed E-state index contributed by atoms with van der Waals surface area (Å²) in [5.74, 6) is 0.959. The fourth-order valence-electron chi connectivity index (χ4n) is 5.61. The van der Waals surface area contributed by atoms with E-state index >= 15 is 0 Å². The zero-order chi connectivity index (χ0) is 16.5. The molecule has 1 amide bonds. The highest BCUT2D eigenvalue weighted by molar-refractivity contribution is 5.91. The van der Waals surface area contributed by atoms with E-state index < -0.39 is 5.54 Å². The number of nitrogens with zero attached hydrogens (tertiary/aromatic N) is 3. The molecule has 3 aliphatic carbocycles. The maximum Gasteiger partial charge on any atom is 0.243 e. The van der Waals surface area contributed by atoms with Gasteiger partial charge >= 0.3 is 0 Å². The third-order valence-electron chi connectivity index (χ3n) is 7.04. The zero-order valence-corrected chi connectivity index (χ0v) is 13.8. The van der Waals surface area contributed by atoms with Gasteiger partial charge < -0.3 is 10.6 Å². The van der Waals surface area contributed by atoms with Gasteiger partial charge in [0.1, 0.15) is 17.4 Å². The van der Waals surface area contributed by atoms with Crippen molar-refractivity contribution >= 4 is 11.7 Å². The van der Waals surface area contributed by atoms with Gasteiger partial charge in [0.05, 0.1) is 11.3 Å². The van der Waals surface area contributed by atoms with Crippen molar-refractivity contribution in [2.75, 3.05) is 11.4 Å². The number of anilines is 1. The average Bonchev–Trinajstić information content (AvgIpc) is 3.07. The number of hydrogen-bond donors (Lipinski definition) is 1. The number of carbonyl (C=O) groups excluding carboxylic acids is 1. The predicted octanol–water partition coefficient (Wildman–Crippen LogP) is 2.17. The molecule has 124 valence electrons. The summed E-state index contributed by atoms with van der Waals surface area (Å²) in [5, 5.41) is 9.67. The molecular formula is C19H22N4O. The van der Waals surface area contributed by atoms with Gasteiger partial charge in [0, 0.05) is 12.0 Å². The Morgan fingerprint density at radius 2 is 2.08 bits per heavy atom. The topological polar surface area (TPSA) is 83.0 Å². The molecule has 1 aromatic heterocycles. The van der Waals surface area contributed by atoms with Crippen molar-refractivity contribution in [3.8, 4) is 6.07 Å². The Kier molecular flexibility index (Phi) is 2.68. The monoisotopic (exact) mass is 322 g/mol. The molecule has 24 heavy (non-hydrogen) atoms. The van der Waals surface area contributed by atoms with Crippen LogP contribution < -0.4 is 10.6 Å². The number of carbonyl (C=O) groups is 1. The molecule has 1 aromatic rings. The highest BCUT2D eigenvalue weighted by Crippen LogP contribution is 2.54. The summed E-state index contributed by atoms with van der Waals surface area (Å²) < 4.78 is 0. The summed E-state index contributed by atoms with van der Waals surface area (Å²) in [7, 11) is 0. The summed E-state index contributed by atoms with van der Waals surface area (Å²) in [6.07, 6.45) is 8.74. The lowest BCUT2D eigenvalue weighted by Crippen LogP contribution is -2.56. The van der Waals surface area contributed by atoms with Crippen LogP contribution in [0.15, 0.2) is 6.07 Å². The molecule has 2 saturated carbocycles. The summed E-state index contributed by atoms with van der Waals surface area (Å²) >= 11 is 0. The molecule has 2 bridgehead atoms. The molecule has 4 fully saturated rings. The van der Waals surface area contributed by atoms with Gasteiger partial charge in [-0.25, -0.2) is 4.98 Å². The molecule has 2 aliphatic heterocycles. The second kappa shape index (κ2) is 4.50. The lowest BCUT2D eigenvalue weighted by Gasteiger charge is -2.46. The van der Waals surface area contributed by atoms with Crippen LogP contribution in [0, 0.1) is 17.2 Å². The first-order valence-electron chi connectivity index (χ1n) is 9.10. The van der Waals surface area contributed by atoms with E-state index in [1.165, 1.54) is 43.4 Å². The van der Waals surface area contributed by atoms with Gasteiger partial charge in [-0.1, -0.05) is 6.42 Å². The fourth-order valence-corrected chi connectivity index (χ4v) is 5.61. The Bertz CT molecular complexity index is 783. The largest absolute Gasteiger partial charge is 0.368 e. The number of fused-ring (bicyclic) bond motifs is 3. The minimum absolute atomic E-state index is 0.235. The number of aryl methyl sites for hydroxylation is 1. The molecule has 2 saturated heterocycles. The van der Waals surface area contributed by atoms with E-state index in [4.69, 9.17) is 10.7 Å². The van der Waals surface area contributed by atoms with Crippen molar-refractivity contribution in [1.82, 2.24) is 4.98 Å². The quantitative estimate of drug-likeness (QED) is 0.904. The van der Waals surface area contributed by atoms with Crippen LogP contribution in [0.3, 0.4) is 0 Å². The number of aromatic nitrogens is 1. The number of nitrogens with two attached hydrogens (primary N) is 1. The molecule has 0 atom stereocenters. The second-order valence-electron chi connectivity index (χ2n) is 8.25. The first kappa shape index (κ1) is 14.3. The van der Waals surface area contributed by atoms with Gasteiger partial charge in [-0.15, -0.1) is 0 Å². The van der Waals surface area contributed by atoms with E-state index in [9.17, 15) is 10.1 Å². The fraction of sp³-hybridized carbons (Fsp3) is 0.632. The predicted molar refractivity (Wildman–Crippen MR) is 89.4 cm³/mol. The van der Waals surface area contributed by atoms with E-state index in [-0.39, 0.29) is 11.3 Å². The first-order valence-corrected chi connectivity index (χ1v) is 9.10. The van der Waals surface area contributed by atoms with Crippen LogP contribution in [0.5, 0.6) is 0 Å². The van der Waals surface area contributed by atoms with Gasteiger partial charge in [0.25, 0.3) is 0 Å². The molecule has 3 heterocycles. The van der Waals surface area contributed by atoms with Gasteiger partial charge in [0.15, 0.2) is 0 Å². The Morgan fingerprint density at radius 1 is 1.33 bits per heavy atom. The molecule has 0 unspecified atom stereocenters. The van der Waals surface area contributed by atoms with Crippen molar-refractivity contribution in [3.63, 3.8) is 0 Å². The third-order valence-corrected chi connectivity index (χ3v) is 7.04. The molecule has 0 aromatic carbocycles. The van der Waals surface area contributed by atoms with E-state index in [1.807, 2.05) is 6.07 Å². The maximum absolute atomic E-state index is 12.1. The van der Waals surface area contributed by atoms with Crippen LogP contribution >= 0.6 is 0 Å². The van der Waals surface area contributed by atoms with Crippen LogP contribution in [0.25, 0.3) is 0 Å². The number of rotatable bonds is 2. The normalized spacial score (nSPS) is 31.8.